The van der Waals surface area contributed by atoms with Crippen LogP contribution in [0.1, 0.15) is 21.5 Å². The molecule has 6 heteroatoms. The lowest BCUT2D eigenvalue weighted by Gasteiger charge is -2.15. The van der Waals surface area contributed by atoms with Crippen molar-refractivity contribution in [1.29, 1.82) is 0 Å². The van der Waals surface area contributed by atoms with Gasteiger partial charge in [-0.2, -0.15) is 11.8 Å². The van der Waals surface area contributed by atoms with E-state index in [-0.39, 0.29) is 5.91 Å². The quantitative estimate of drug-likeness (QED) is 0.436. The van der Waals surface area contributed by atoms with E-state index in [0.717, 1.165) is 11.1 Å². The molecule has 0 aliphatic heterocycles. The lowest BCUT2D eigenvalue weighted by atomic mass is 10.1. The molecule has 0 radical (unpaired) electrons. The summed E-state index contributed by atoms with van der Waals surface area (Å²) in [5, 5.41) is 11.3. The van der Waals surface area contributed by atoms with Gasteiger partial charge in [0.15, 0.2) is 0 Å². The van der Waals surface area contributed by atoms with Crippen molar-refractivity contribution in [1.82, 2.24) is 10.8 Å². The molecule has 0 bridgehead atoms. The van der Waals surface area contributed by atoms with Gasteiger partial charge in [0.1, 0.15) is 6.04 Å². The van der Waals surface area contributed by atoms with Crippen LogP contribution in [0.2, 0.25) is 0 Å². The third-order valence-electron chi connectivity index (χ3n) is 3.34. The molecule has 128 valence electrons. The number of amides is 2. The van der Waals surface area contributed by atoms with Crippen LogP contribution in [-0.2, 0) is 4.79 Å². The van der Waals surface area contributed by atoms with Crippen molar-refractivity contribution in [3.63, 3.8) is 0 Å². The van der Waals surface area contributed by atoms with Gasteiger partial charge in [-0.05, 0) is 42.7 Å². The predicted octanol–water partition coefficient (Wildman–Crippen LogP) is 2.05. The molecule has 2 rings (SSSR count). The van der Waals surface area contributed by atoms with E-state index in [1.807, 2.05) is 36.6 Å². The molecule has 0 spiro atoms. The molecule has 2 aromatic carbocycles. The van der Waals surface area contributed by atoms with Crippen molar-refractivity contribution in [2.75, 3.05) is 12.0 Å². The summed E-state index contributed by atoms with van der Waals surface area (Å²) >= 11 is 1.39. The zero-order valence-corrected chi connectivity index (χ0v) is 14.5. The summed E-state index contributed by atoms with van der Waals surface area (Å²) < 4.78 is 0. The molecule has 25 heavy (non-hydrogen) atoms. The van der Waals surface area contributed by atoms with Crippen LogP contribution in [0, 0.1) is 11.8 Å². The molecule has 0 heterocycles. The van der Waals surface area contributed by atoms with Gasteiger partial charge in [-0.25, -0.2) is 5.48 Å². The Bertz CT molecular complexity index is 780. The lowest BCUT2D eigenvalue weighted by Crippen LogP contribution is -2.47. The van der Waals surface area contributed by atoms with Crippen molar-refractivity contribution < 1.29 is 14.8 Å². The molecule has 0 saturated carbocycles. The zero-order valence-electron chi connectivity index (χ0n) is 13.7. The minimum absolute atomic E-state index is 0.360. The Morgan fingerprint density at radius 3 is 2.20 bits per heavy atom. The minimum Gasteiger partial charge on any atom is -0.339 e. The predicted molar refractivity (Wildman–Crippen MR) is 98.4 cm³/mol. The molecule has 0 fully saturated rings. The third kappa shape index (κ3) is 5.68. The van der Waals surface area contributed by atoms with Gasteiger partial charge in [0, 0.05) is 22.4 Å². The Kier molecular flexibility index (Phi) is 7.08. The average molecular weight is 354 g/mol. The number of hydrogen-bond donors (Lipinski definition) is 3. The molecule has 2 aromatic rings. The minimum atomic E-state index is -0.801. The van der Waals surface area contributed by atoms with E-state index in [0.29, 0.717) is 11.3 Å². The van der Waals surface area contributed by atoms with E-state index in [1.165, 1.54) is 11.8 Å². The van der Waals surface area contributed by atoms with Crippen LogP contribution >= 0.6 is 11.8 Å². The fourth-order valence-electron chi connectivity index (χ4n) is 2.04. The Balaban J connectivity index is 2.05. The zero-order chi connectivity index (χ0) is 18.1. The first-order chi connectivity index (χ1) is 12.1. The number of hydroxylamine groups is 1. The van der Waals surface area contributed by atoms with Crippen LogP contribution in [0.4, 0.5) is 0 Å². The smallest absolute Gasteiger partial charge is 0.266 e. The van der Waals surface area contributed by atoms with E-state index in [2.05, 4.69) is 17.2 Å². The monoisotopic (exact) mass is 354 g/mol. The second-order valence-corrected chi connectivity index (χ2v) is 6.06. The first kappa shape index (κ1) is 18.6. The summed E-state index contributed by atoms with van der Waals surface area (Å²) in [6.45, 7) is 0. The number of rotatable bonds is 5. The second-order valence-electron chi connectivity index (χ2n) is 5.15. The molecule has 2 amide bonds. The second kappa shape index (κ2) is 9.52. The topological polar surface area (TPSA) is 78.4 Å². The van der Waals surface area contributed by atoms with Crippen LogP contribution < -0.4 is 10.8 Å². The molecule has 0 aromatic heterocycles. The Hall–Kier alpha value is -2.75. The number of benzene rings is 2. The van der Waals surface area contributed by atoms with E-state index in [9.17, 15) is 9.59 Å². The first-order valence-electron chi connectivity index (χ1n) is 7.55. The summed E-state index contributed by atoms with van der Waals surface area (Å²) in [6.07, 6.45) is 1.81. The number of carbonyl (C=O) groups excluding carboxylic acids is 2. The number of hydrogen-bond acceptors (Lipinski definition) is 4. The lowest BCUT2D eigenvalue weighted by molar-refractivity contribution is -0.130. The maximum absolute atomic E-state index is 12.2. The number of nitrogens with one attached hydrogen (secondary N) is 2. The number of thioether (sulfide) groups is 1. The fourth-order valence-corrected chi connectivity index (χ4v) is 2.61. The molecule has 0 aliphatic rings. The highest BCUT2D eigenvalue weighted by Crippen LogP contribution is 2.06. The highest BCUT2D eigenvalue weighted by atomic mass is 32.2. The molecular formula is C19H18N2O3S. The summed E-state index contributed by atoms with van der Waals surface area (Å²) in [7, 11) is 0. The Labute approximate surface area is 150 Å². The Morgan fingerprint density at radius 1 is 1.04 bits per heavy atom. The molecule has 5 nitrogen and oxygen atoms in total. The van der Waals surface area contributed by atoms with Crippen molar-refractivity contribution in [2.24, 2.45) is 0 Å². The van der Waals surface area contributed by atoms with E-state index in [4.69, 9.17) is 5.21 Å². The maximum Gasteiger partial charge on any atom is 0.266 e. The van der Waals surface area contributed by atoms with Gasteiger partial charge in [-0.3, -0.25) is 14.8 Å². The van der Waals surface area contributed by atoms with E-state index >= 15 is 0 Å². The first-order valence-corrected chi connectivity index (χ1v) is 8.94. The van der Waals surface area contributed by atoms with Crippen LogP contribution in [0.3, 0.4) is 0 Å². The standard InChI is InChI=1S/C19H18N2O3S/c1-25-13-17(19(23)21-24)20-18(22)16-11-9-15(10-12-16)8-7-14-5-3-2-4-6-14/h2-6,9-12,17,24H,13H2,1H3,(H,20,22)(H,21,23)/t17-/m0/s1. The molecule has 3 N–H and O–H groups in total. The average Bonchev–Trinajstić information content (AvgIpc) is 2.66. The SMILES string of the molecule is CSC[C@H](NC(=O)c1ccc(C#Cc2ccccc2)cc1)C(=O)NO. The van der Waals surface area contributed by atoms with Crippen molar-refractivity contribution in [3.05, 3.63) is 71.3 Å². The van der Waals surface area contributed by atoms with Gasteiger partial charge in [0.25, 0.3) is 11.8 Å². The van der Waals surface area contributed by atoms with Gasteiger partial charge in [-0.1, -0.05) is 30.0 Å². The van der Waals surface area contributed by atoms with Crippen LogP contribution in [0.25, 0.3) is 0 Å². The van der Waals surface area contributed by atoms with Crippen LogP contribution in [-0.4, -0.2) is 35.1 Å². The Morgan fingerprint density at radius 2 is 1.64 bits per heavy atom. The van der Waals surface area contributed by atoms with Gasteiger partial charge < -0.3 is 5.32 Å². The van der Waals surface area contributed by atoms with Gasteiger partial charge in [0.2, 0.25) is 0 Å². The van der Waals surface area contributed by atoms with Crippen molar-refractivity contribution in [2.45, 2.75) is 6.04 Å². The molecule has 0 unspecified atom stereocenters. The summed E-state index contributed by atoms with van der Waals surface area (Å²) in [5.41, 5.74) is 3.68. The highest BCUT2D eigenvalue weighted by molar-refractivity contribution is 7.98. The maximum atomic E-state index is 12.2. The highest BCUT2D eigenvalue weighted by Gasteiger charge is 2.20. The largest absolute Gasteiger partial charge is 0.339 e. The van der Waals surface area contributed by atoms with Crippen LogP contribution in [0.5, 0.6) is 0 Å². The summed E-state index contributed by atoms with van der Waals surface area (Å²) in [6, 6.07) is 15.6. The molecule has 1 atom stereocenters. The van der Waals surface area contributed by atoms with E-state index < -0.39 is 11.9 Å². The van der Waals surface area contributed by atoms with E-state index in [1.54, 1.807) is 29.7 Å². The number of carbonyl (C=O) groups is 2. The fraction of sp³-hybridized carbons (Fsp3) is 0.158. The molecular weight excluding hydrogens is 336 g/mol. The van der Waals surface area contributed by atoms with Gasteiger partial charge in [-0.15, -0.1) is 0 Å². The van der Waals surface area contributed by atoms with Gasteiger partial charge in [0.05, 0.1) is 0 Å². The normalized spacial score (nSPS) is 11.0. The summed E-state index contributed by atoms with van der Waals surface area (Å²) in [5.74, 6) is 5.41. The van der Waals surface area contributed by atoms with Crippen molar-refractivity contribution in [3.8, 4) is 11.8 Å². The van der Waals surface area contributed by atoms with Crippen LogP contribution in [0.15, 0.2) is 54.6 Å². The summed E-state index contributed by atoms with van der Waals surface area (Å²) in [4.78, 5) is 23.8. The molecule has 0 saturated heterocycles. The molecule has 0 aliphatic carbocycles. The van der Waals surface area contributed by atoms with Crippen molar-refractivity contribution >= 4 is 23.6 Å². The third-order valence-corrected chi connectivity index (χ3v) is 4.00. The van der Waals surface area contributed by atoms with Gasteiger partial charge >= 0.3 is 0 Å².